The summed E-state index contributed by atoms with van der Waals surface area (Å²) in [6, 6.07) is 12.7. The summed E-state index contributed by atoms with van der Waals surface area (Å²) >= 11 is 0. The number of nitrogens with zero attached hydrogens (tertiary/aromatic N) is 2. The van der Waals surface area contributed by atoms with Crippen molar-refractivity contribution < 1.29 is 0 Å². The molecule has 0 aliphatic rings. The zero-order valence-electron chi connectivity index (χ0n) is 12.1. The summed E-state index contributed by atoms with van der Waals surface area (Å²) in [5.41, 5.74) is 3.80. The SMILES string of the molecule is C=CCN(CC=C)Cc1cccn1-c1ccccc1C. The molecule has 0 amide bonds. The molecule has 2 heteroatoms. The number of hydrogen-bond acceptors (Lipinski definition) is 1. The largest absolute Gasteiger partial charge is 0.319 e. The minimum absolute atomic E-state index is 0.866. The topological polar surface area (TPSA) is 8.17 Å². The summed E-state index contributed by atoms with van der Waals surface area (Å²) in [6.07, 6.45) is 5.99. The monoisotopic (exact) mass is 266 g/mol. The van der Waals surface area contributed by atoms with E-state index in [1.807, 2.05) is 12.2 Å². The average Bonchev–Trinajstić information content (AvgIpc) is 2.88. The number of aryl methyl sites for hydroxylation is 1. The molecule has 104 valence electrons. The van der Waals surface area contributed by atoms with Crippen molar-refractivity contribution in [3.05, 3.63) is 79.2 Å². The van der Waals surface area contributed by atoms with Gasteiger partial charge >= 0.3 is 0 Å². The Morgan fingerprint density at radius 2 is 1.75 bits per heavy atom. The Hall–Kier alpha value is -2.06. The molecule has 0 radical (unpaired) electrons. The van der Waals surface area contributed by atoms with Crippen LogP contribution in [0.1, 0.15) is 11.3 Å². The van der Waals surface area contributed by atoms with Gasteiger partial charge in [-0.1, -0.05) is 30.4 Å². The molecule has 2 aromatic rings. The van der Waals surface area contributed by atoms with E-state index < -0.39 is 0 Å². The van der Waals surface area contributed by atoms with Gasteiger partial charge in [0.05, 0.1) is 0 Å². The molecule has 2 nitrogen and oxygen atoms in total. The molecule has 1 aromatic heterocycles. The third kappa shape index (κ3) is 3.28. The van der Waals surface area contributed by atoms with E-state index in [0.717, 1.165) is 19.6 Å². The first-order chi connectivity index (χ1) is 9.76. The first-order valence-corrected chi connectivity index (χ1v) is 6.92. The number of benzene rings is 1. The quantitative estimate of drug-likeness (QED) is 0.689. The molecule has 0 bridgehead atoms. The predicted molar refractivity (Wildman–Crippen MR) is 86.2 cm³/mol. The fourth-order valence-corrected chi connectivity index (χ4v) is 2.41. The Kier molecular flexibility index (Phi) is 4.97. The van der Waals surface area contributed by atoms with E-state index in [1.54, 1.807) is 0 Å². The van der Waals surface area contributed by atoms with Gasteiger partial charge in [-0.15, -0.1) is 13.2 Å². The Balaban J connectivity index is 2.26. The van der Waals surface area contributed by atoms with Crippen molar-refractivity contribution in [1.29, 1.82) is 0 Å². The highest BCUT2D eigenvalue weighted by atomic mass is 15.1. The Bertz CT molecular complexity index is 571. The molecule has 2 rings (SSSR count). The third-order valence-electron chi connectivity index (χ3n) is 3.37. The molecule has 1 aromatic carbocycles. The summed E-state index contributed by atoms with van der Waals surface area (Å²) in [5, 5.41) is 0. The van der Waals surface area contributed by atoms with Crippen LogP contribution >= 0.6 is 0 Å². The third-order valence-corrected chi connectivity index (χ3v) is 3.37. The fourth-order valence-electron chi connectivity index (χ4n) is 2.41. The van der Waals surface area contributed by atoms with Crippen molar-refractivity contribution in [1.82, 2.24) is 9.47 Å². The van der Waals surface area contributed by atoms with E-state index in [4.69, 9.17) is 0 Å². The van der Waals surface area contributed by atoms with Crippen molar-refractivity contribution in [2.24, 2.45) is 0 Å². The molecule has 0 atom stereocenters. The van der Waals surface area contributed by atoms with Crippen LogP contribution in [0.2, 0.25) is 0 Å². The van der Waals surface area contributed by atoms with Crippen LogP contribution in [0, 0.1) is 6.92 Å². The first kappa shape index (κ1) is 14.4. The van der Waals surface area contributed by atoms with Crippen LogP contribution in [0.5, 0.6) is 0 Å². The Morgan fingerprint density at radius 3 is 2.40 bits per heavy atom. The Morgan fingerprint density at radius 1 is 1.05 bits per heavy atom. The van der Waals surface area contributed by atoms with Crippen molar-refractivity contribution in [3.63, 3.8) is 0 Å². The van der Waals surface area contributed by atoms with Crippen LogP contribution in [0.4, 0.5) is 0 Å². The smallest absolute Gasteiger partial charge is 0.0481 e. The zero-order chi connectivity index (χ0) is 14.4. The minimum Gasteiger partial charge on any atom is -0.319 e. The van der Waals surface area contributed by atoms with Gasteiger partial charge in [-0.2, -0.15) is 0 Å². The molecule has 0 aliphatic heterocycles. The van der Waals surface area contributed by atoms with Crippen molar-refractivity contribution >= 4 is 0 Å². The van der Waals surface area contributed by atoms with Crippen LogP contribution in [-0.4, -0.2) is 22.6 Å². The molecule has 0 saturated carbocycles. The molecule has 0 spiro atoms. The van der Waals surface area contributed by atoms with Crippen molar-refractivity contribution in [2.45, 2.75) is 13.5 Å². The van der Waals surface area contributed by atoms with Gasteiger partial charge < -0.3 is 4.57 Å². The van der Waals surface area contributed by atoms with Gasteiger partial charge in [0.15, 0.2) is 0 Å². The molecular formula is C18H22N2. The summed E-state index contributed by atoms with van der Waals surface area (Å²) < 4.78 is 2.26. The van der Waals surface area contributed by atoms with E-state index in [9.17, 15) is 0 Å². The highest BCUT2D eigenvalue weighted by Crippen LogP contribution is 2.18. The van der Waals surface area contributed by atoms with Gasteiger partial charge in [0.25, 0.3) is 0 Å². The van der Waals surface area contributed by atoms with Gasteiger partial charge in [0, 0.05) is 37.2 Å². The van der Waals surface area contributed by atoms with Crippen molar-refractivity contribution in [3.8, 4) is 5.69 Å². The zero-order valence-corrected chi connectivity index (χ0v) is 12.1. The van der Waals surface area contributed by atoms with E-state index >= 15 is 0 Å². The normalized spacial score (nSPS) is 10.7. The van der Waals surface area contributed by atoms with Crippen LogP contribution < -0.4 is 0 Å². The van der Waals surface area contributed by atoms with Gasteiger partial charge in [-0.05, 0) is 30.7 Å². The lowest BCUT2D eigenvalue weighted by Gasteiger charge is -2.20. The second-order valence-corrected chi connectivity index (χ2v) is 4.93. The molecule has 0 N–H and O–H groups in total. The molecule has 0 unspecified atom stereocenters. The molecule has 1 heterocycles. The number of aromatic nitrogens is 1. The Labute approximate surface area is 121 Å². The highest BCUT2D eigenvalue weighted by Gasteiger charge is 2.09. The van der Waals surface area contributed by atoms with Gasteiger partial charge in [0.1, 0.15) is 0 Å². The van der Waals surface area contributed by atoms with Crippen LogP contribution in [0.25, 0.3) is 5.69 Å². The maximum Gasteiger partial charge on any atom is 0.0481 e. The molecule has 0 saturated heterocycles. The van der Waals surface area contributed by atoms with Crippen LogP contribution in [0.15, 0.2) is 67.9 Å². The van der Waals surface area contributed by atoms with E-state index in [1.165, 1.54) is 16.9 Å². The summed E-state index contributed by atoms with van der Waals surface area (Å²) in [7, 11) is 0. The molecule has 20 heavy (non-hydrogen) atoms. The minimum atomic E-state index is 0.866. The molecule has 0 fully saturated rings. The second-order valence-electron chi connectivity index (χ2n) is 4.93. The fraction of sp³-hybridized carbons (Fsp3) is 0.222. The number of hydrogen-bond donors (Lipinski definition) is 0. The summed E-state index contributed by atoms with van der Waals surface area (Å²) in [5.74, 6) is 0. The average molecular weight is 266 g/mol. The van der Waals surface area contributed by atoms with Crippen LogP contribution in [-0.2, 0) is 6.54 Å². The van der Waals surface area contributed by atoms with E-state index in [0.29, 0.717) is 0 Å². The lowest BCUT2D eigenvalue weighted by molar-refractivity contribution is 0.321. The maximum absolute atomic E-state index is 3.82. The van der Waals surface area contributed by atoms with Crippen LogP contribution in [0.3, 0.4) is 0 Å². The molecular weight excluding hydrogens is 244 g/mol. The lowest BCUT2D eigenvalue weighted by Crippen LogP contribution is -2.24. The second kappa shape index (κ2) is 6.92. The highest BCUT2D eigenvalue weighted by molar-refractivity contribution is 5.42. The van der Waals surface area contributed by atoms with E-state index in [-0.39, 0.29) is 0 Å². The van der Waals surface area contributed by atoms with Gasteiger partial charge in [-0.3, -0.25) is 4.90 Å². The summed E-state index contributed by atoms with van der Waals surface area (Å²) in [6.45, 7) is 12.4. The summed E-state index contributed by atoms with van der Waals surface area (Å²) in [4.78, 5) is 2.31. The predicted octanol–water partition coefficient (Wildman–Crippen LogP) is 3.96. The first-order valence-electron chi connectivity index (χ1n) is 6.92. The van der Waals surface area contributed by atoms with E-state index in [2.05, 4.69) is 72.1 Å². The maximum atomic E-state index is 3.82. The number of para-hydroxylation sites is 1. The number of rotatable bonds is 7. The van der Waals surface area contributed by atoms with Gasteiger partial charge in [-0.25, -0.2) is 0 Å². The standard InChI is InChI=1S/C18H22N2/c1-4-12-19(13-5-2)15-17-10-8-14-20(17)18-11-7-6-9-16(18)3/h4-11,14H,1-2,12-13,15H2,3H3. The molecule has 0 aliphatic carbocycles. The van der Waals surface area contributed by atoms with Gasteiger partial charge in [0.2, 0.25) is 0 Å². The lowest BCUT2D eigenvalue weighted by atomic mass is 10.2. The van der Waals surface area contributed by atoms with Crippen molar-refractivity contribution in [2.75, 3.05) is 13.1 Å².